The van der Waals surface area contributed by atoms with Gasteiger partial charge in [-0.3, -0.25) is 4.68 Å². The Hall–Kier alpha value is -3.89. The molecule has 3 heterocycles. The number of unbranched alkanes of at least 4 members (excludes halogenated alkanes) is 1. The maximum atomic E-state index is 13.6. The number of hydrogen-bond acceptors (Lipinski definition) is 9. The predicted molar refractivity (Wildman–Crippen MR) is 168 cm³/mol. The lowest BCUT2D eigenvalue weighted by molar-refractivity contribution is -0.0688. The molecule has 1 aliphatic rings. The van der Waals surface area contributed by atoms with Crippen molar-refractivity contribution in [2.75, 3.05) is 11.4 Å². The van der Waals surface area contributed by atoms with E-state index in [1.807, 2.05) is 49.7 Å². The molecule has 0 saturated heterocycles. The Balaban J connectivity index is 1.81. The molecule has 1 aromatic carbocycles. The zero-order valence-electron chi connectivity index (χ0n) is 27.3. The van der Waals surface area contributed by atoms with Gasteiger partial charge < -0.3 is 19.2 Å². The van der Waals surface area contributed by atoms with Gasteiger partial charge in [-0.25, -0.2) is 14.6 Å². The van der Waals surface area contributed by atoms with Crippen LogP contribution in [0.15, 0.2) is 29.4 Å². The number of nitrogens with zero attached hydrogens (tertiary/aromatic N) is 6. The van der Waals surface area contributed by atoms with E-state index in [2.05, 4.69) is 17.0 Å². The zero-order chi connectivity index (χ0) is 31.7. The van der Waals surface area contributed by atoms with Crippen LogP contribution < -0.4 is 4.90 Å². The highest BCUT2D eigenvalue weighted by Gasteiger charge is 2.37. The summed E-state index contributed by atoms with van der Waals surface area (Å²) in [6, 6.07) is 7.72. The number of carbonyl (C=O) groups is 2. The van der Waals surface area contributed by atoms with Gasteiger partial charge in [0.2, 0.25) is 5.72 Å². The first kappa shape index (κ1) is 32.0. The summed E-state index contributed by atoms with van der Waals surface area (Å²) in [5, 5.41) is 10.9. The summed E-state index contributed by atoms with van der Waals surface area (Å²) >= 11 is 0. The van der Waals surface area contributed by atoms with Gasteiger partial charge in [-0.05, 0) is 94.1 Å². The van der Waals surface area contributed by atoms with Gasteiger partial charge in [-0.15, -0.1) is 0 Å². The number of oxime groups is 1. The van der Waals surface area contributed by atoms with E-state index in [1.165, 1.54) is 0 Å². The van der Waals surface area contributed by atoms with Crippen molar-refractivity contribution in [3.63, 3.8) is 0 Å². The number of carbonyl (C=O) groups excluding carboxylic acids is 2. The number of fused-ring (bicyclic) bond motifs is 3. The van der Waals surface area contributed by atoms with Gasteiger partial charge in [0.05, 0.1) is 5.52 Å². The van der Waals surface area contributed by atoms with Crippen LogP contribution in [-0.4, -0.2) is 61.2 Å². The lowest BCUT2D eigenvalue weighted by atomic mass is 10.0. The van der Waals surface area contributed by atoms with Crippen LogP contribution in [0, 0.1) is 0 Å². The third kappa shape index (κ3) is 7.19. The summed E-state index contributed by atoms with van der Waals surface area (Å²) in [4.78, 5) is 40.6. The van der Waals surface area contributed by atoms with Crippen LogP contribution in [0.2, 0.25) is 0 Å². The Bertz CT molecular complexity index is 1500. The molecular weight excluding hydrogens is 548 g/mol. The minimum Gasteiger partial charge on any atom is -0.443 e. The van der Waals surface area contributed by atoms with E-state index in [-0.39, 0.29) is 5.82 Å². The number of imide groups is 1. The summed E-state index contributed by atoms with van der Waals surface area (Å²) in [5.41, 5.74) is -0.0362. The average Bonchev–Trinajstić information content (AvgIpc) is 3.36. The Morgan fingerprint density at radius 2 is 1.60 bits per heavy atom. The minimum absolute atomic E-state index is 0.0936. The Morgan fingerprint density at radius 3 is 2.16 bits per heavy atom. The molecule has 4 rings (SSSR count). The number of aromatic nitrogens is 3. The van der Waals surface area contributed by atoms with E-state index in [1.54, 1.807) is 41.5 Å². The van der Waals surface area contributed by atoms with Crippen LogP contribution in [0.25, 0.3) is 21.8 Å². The van der Waals surface area contributed by atoms with Crippen LogP contribution in [0.3, 0.4) is 0 Å². The largest absolute Gasteiger partial charge is 0.443 e. The zero-order valence-corrected chi connectivity index (χ0v) is 27.3. The summed E-state index contributed by atoms with van der Waals surface area (Å²) < 4.78 is 13.3. The molecule has 2 amide bonds. The summed E-state index contributed by atoms with van der Waals surface area (Å²) in [7, 11) is 0. The number of rotatable bonds is 8. The van der Waals surface area contributed by atoms with Gasteiger partial charge in [-0.2, -0.15) is 10.00 Å². The average molecular weight is 595 g/mol. The van der Waals surface area contributed by atoms with Crippen LogP contribution in [0.4, 0.5) is 15.4 Å². The second-order valence-corrected chi connectivity index (χ2v) is 13.4. The molecule has 1 aliphatic heterocycles. The first-order chi connectivity index (χ1) is 20.0. The standard InChI is InChI=1S/C32H46N6O5/c1-11-19-37-24(18-14-15-20-36-21(2)35-43-32(36,9)10)25-22-16-12-13-17-23(22)33-27(26(25)34-37)38(28(39)41-30(3,4)5)29(40)42-31(6,7)8/h12-13,16-17H,11,14-15,18-20H2,1-10H3. The smallest absolute Gasteiger partial charge is 0.425 e. The van der Waals surface area contributed by atoms with E-state index >= 15 is 0 Å². The SMILES string of the molecule is CCCn1nc2c(N(C(=O)OC(C)(C)C)C(=O)OC(C)(C)C)nc3ccccc3c2c1CCCCN1C(C)=NOC1(C)C. The lowest BCUT2D eigenvalue weighted by Gasteiger charge is -2.30. The van der Waals surface area contributed by atoms with Crippen molar-refractivity contribution in [2.24, 2.45) is 5.16 Å². The monoisotopic (exact) mass is 594 g/mol. The number of anilines is 1. The lowest BCUT2D eigenvalue weighted by Crippen LogP contribution is -2.44. The molecule has 2 aromatic heterocycles. The molecule has 11 heteroatoms. The Labute approximate surface area is 254 Å². The van der Waals surface area contributed by atoms with E-state index < -0.39 is 29.1 Å². The minimum atomic E-state index is -0.870. The Morgan fingerprint density at radius 1 is 0.977 bits per heavy atom. The summed E-state index contributed by atoms with van der Waals surface area (Å²) in [5.74, 6) is 0.966. The van der Waals surface area contributed by atoms with Crippen molar-refractivity contribution < 1.29 is 23.9 Å². The first-order valence-electron chi connectivity index (χ1n) is 15.1. The van der Waals surface area contributed by atoms with E-state index in [0.29, 0.717) is 17.6 Å². The third-order valence-electron chi connectivity index (χ3n) is 6.96. The topological polar surface area (TPSA) is 111 Å². The van der Waals surface area contributed by atoms with Crippen molar-refractivity contribution in [3.05, 3.63) is 30.0 Å². The molecule has 0 atom stereocenters. The predicted octanol–water partition coefficient (Wildman–Crippen LogP) is 7.40. The number of pyridine rings is 1. The molecular formula is C32H46N6O5. The molecule has 0 spiro atoms. The maximum Gasteiger partial charge on any atom is 0.425 e. The fraction of sp³-hybridized carbons (Fsp3) is 0.594. The highest BCUT2D eigenvalue weighted by Crippen LogP contribution is 2.36. The molecule has 0 unspecified atom stereocenters. The maximum absolute atomic E-state index is 13.6. The Kier molecular flexibility index (Phi) is 8.95. The van der Waals surface area contributed by atoms with E-state index in [0.717, 1.165) is 59.4 Å². The van der Waals surface area contributed by atoms with Crippen LogP contribution in [-0.2, 0) is 27.3 Å². The number of ether oxygens (including phenoxy) is 2. The van der Waals surface area contributed by atoms with Crippen LogP contribution >= 0.6 is 0 Å². The van der Waals surface area contributed by atoms with Gasteiger partial charge in [0.1, 0.15) is 22.6 Å². The van der Waals surface area contributed by atoms with Crippen molar-refractivity contribution >= 4 is 45.6 Å². The van der Waals surface area contributed by atoms with Crippen molar-refractivity contribution in [1.29, 1.82) is 0 Å². The van der Waals surface area contributed by atoms with Crippen LogP contribution in [0.1, 0.15) is 94.2 Å². The number of benzene rings is 1. The van der Waals surface area contributed by atoms with Gasteiger partial charge in [0.25, 0.3) is 0 Å². The fourth-order valence-electron chi connectivity index (χ4n) is 5.21. The quantitative estimate of drug-likeness (QED) is 0.248. The molecule has 0 fully saturated rings. The van der Waals surface area contributed by atoms with Gasteiger partial charge in [0, 0.05) is 29.6 Å². The molecule has 3 aromatic rings. The highest BCUT2D eigenvalue weighted by atomic mass is 16.7. The summed E-state index contributed by atoms with van der Waals surface area (Å²) in [6.45, 7) is 20.1. The van der Waals surface area contributed by atoms with Gasteiger partial charge in [0.15, 0.2) is 5.82 Å². The molecule has 11 nitrogen and oxygen atoms in total. The number of hydrogen-bond donors (Lipinski definition) is 0. The van der Waals surface area contributed by atoms with Crippen LogP contribution in [0.5, 0.6) is 0 Å². The van der Waals surface area contributed by atoms with E-state index in [9.17, 15) is 9.59 Å². The third-order valence-corrected chi connectivity index (χ3v) is 6.96. The highest BCUT2D eigenvalue weighted by molar-refractivity contribution is 6.18. The van der Waals surface area contributed by atoms with Crippen molar-refractivity contribution in [1.82, 2.24) is 19.7 Å². The molecule has 0 saturated carbocycles. The molecule has 0 aliphatic carbocycles. The second kappa shape index (κ2) is 12.0. The molecule has 234 valence electrons. The fourth-order valence-corrected chi connectivity index (χ4v) is 5.21. The van der Waals surface area contributed by atoms with Crippen molar-refractivity contribution in [2.45, 2.75) is 118 Å². The number of amides is 2. The van der Waals surface area contributed by atoms with Gasteiger partial charge in [-0.1, -0.05) is 30.3 Å². The number of aryl methyl sites for hydroxylation is 2. The molecule has 0 bridgehead atoms. The molecule has 43 heavy (non-hydrogen) atoms. The number of amidine groups is 1. The first-order valence-corrected chi connectivity index (χ1v) is 15.1. The molecule has 0 N–H and O–H groups in total. The summed E-state index contributed by atoms with van der Waals surface area (Å²) in [6.07, 6.45) is 1.66. The molecule has 0 radical (unpaired) electrons. The van der Waals surface area contributed by atoms with Gasteiger partial charge >= 0.3 is 12.2 Å². The van der Waals surface area contributed by atoms with E-state index in [4.69, 9.17) is 24.4 Å². The normalized spacial score (nSPS) is 15.0. The van der Waals surface area contributed by atoms with Crippen molar-refractivity contribution in [3.8, 4) is 0 Å². The second-order valence-electron chi connectivity index (χ2n) is 13.4. The number of para-hydroxylation sites is 1.